The number of carbonyl (C=O) groups excluding carboxylic acids is 1. The number of benzene rings is 2. The molecule has 0 aliphatic rings. The Bertz CT molecular complexity index is 1170. The fourth-order valence-corrected chi connectivity index (χ4v) is 3.32. The van der Waals surface area contributed by atoms with Gasteiger partial charge in [0.05, 0.1) is 35.6 Å². The summed E-state index contributed by atoms with van der Waals surface area (Å²) in [6.07, 6.45) is 3.52. The van der Waals surface area contributed by atoms with E-state index in [1.165, 1.54) is 0 Å². The number of imidazole rings is 1. The van der Waals surface area contributed by atoms with Crippen molar-refractivity contribution in [2.45, 2.75) is 12.8 Å². The summed E-state index contributed by atoms with van der Waals surface area (Å²) in [7, 11) is 0. The topological polar surface area (TPSA) is 70.2 Å². The van der Waals surface area contributed by atoms with Crippen molar-refractivity contribution in [3.05, 3.63) is 90.5 Å². The zero-order valence-electron chi connectivity index (χ0n) is 15.3. The van der Waals surface area contributed by atoms with Crippen molar-refractivity contribution in [2.75, 3.05) is 5.32 Å². The van der Waals surface area contributed by atoms with Gasteiger partial charge in [-0.1, -0.05) is 36.4 Å². The molecule has 0 bridgehead atoms. The van der Waals surface area contributed by atoms with Crippen molar-refractivity contribution < 1.29 is 4.79 Å². The summed E-state index contributed by atoms with van der Waals surface area (Å²) in [5.41, 5.74) is 5.08. The quantitative estimate of drug-likeness (QED) is 0.573. The number of anilines is 1. The molecule has 0 fully saturated rings. The Morgan fingerprint density at radius 2 is 1.82 bits per heavy atom. The summed E-state index contributed by atoms with van der Waals surface area (Å²) in [5.74, 6) is -0.535. The van der Waals surface area contributed by atoms with Crippen molar-refractivity contribution in [1.82, 2.24) is 9.38 Å². The highest BCUT2D eigenvalue weighted by Gasteiger charge is 2.22. The van der Waals surface area contributed by atoms with Crippen molar-refractivity contribution in [3.8, 4) is 17.2 Å². The minimum Gasteiger partial charge on any atom is -0.326 e. The summed E-state index contributed by atoms with van der Waals surface area (Å²) < 4.78 is 1.96. The number of nitrogens with zero attached hydrogens (tertiary/aromatic N) is 3. The van der Waals surface area contributed by atoms with Crippen LogP contribution in [0.3, 0.4) is 0 Å². The molecule has 2 aromatic carbocycles. The fourth-order valence-electron chi connectivity index (χ4n) is 3.32. The maximum absolute atomic E-state index is 13.0. The van der Waals surface area contributed by atoms with Crippen LogP contribution in [0, 0.1) is 11.3 Å². The van der Waals surface area contributed by atoms with Crippen LogP contribution in [0.2, 0.25) is 0 Å². The van der Waals surface area contributed by atoms with Gasteiger partial charge in [0.2, 0.25) is 5.91 Å². The number of hydrogen-bond acceptors (Lipinski definition) is 3. The maximum Gasteiger partial charge on any atom is 0.233 e. The maximum atomic E-state index is 13.0. The third kappa shape index (κ3) is 3.24. The molecule has 1 amide bonds. The van der Waals surface area contributed by atoms with Crippen LogP contribution in [0.5, 0.6) is 0 Å². The molecule has 136 valence electrons. The molecular formula is C23H18N4O. The summed E-state index contributed by atoms with van der Waals surface area (Å²) >= 11 is 0. The SMILES string of the molecule is CC(C(=O)Nc1ccc(C#N)cc1)c1c(-c2ccccc2)ccc2cncn12. The number of carbonyl (C=O) groups is 1. The first-order chi connectivity index (χ1) is 13.7. The van der Waals surface area contributed by atoms with Gasteiger partial charge in [0.1, 0.15) is 0 Å². The second-order valence-corrected chi connectivity index (χ2v) is 6.59. The minimum atomic E-state index is -0.413. The largest absolute Gasteiger partial charge is 0.326 e. The van der Waals surface area contributed by atoms with Crippen molar-refractivity contribution in [3.63, 3.8) is 0 Å². The van der Waals surface area contributed by atoms with E-state index in [0.29, 0.717) is 11.3 Å². The molecule has 5 nitrogen and oxygen atoms in total. The molecule has 0 spiro atoms. The van der Waals surface area contributed by atoms with E-state index < -0.39 is 5.92 Å². The minimum absolute atomic E-state index is 0.122. The number of fused-ring (bicyclic) bond motifs is 1. The molecule has 2 aromatic heterocycles. The lowest BCUT2D eigenvalue weighted by molar-refractivity contribution is -0.117. The summed E-state index contributed by atoms with van der Waals surface area (Å²) in [6, 6.07) is 23.0. The molecule has 0 aliphatic heterocycles. The van der Waals surface area contributed by atoms with Crippen LogP contribution in [0.1, 0.15) is 24.1 Å². The summed E-state index contributed by atoms with van der Waals surface area (Å²) in [5, 5.41) is 11.9. The van der Waals surface area contributed by atoms with E-state index in [2.05, 4.69) is 16.4 Å². The number of hydrogen-bond donors (Lipinski definition) is 1. The Morgan fingerprint density at radius 3 is 2.54 bits per heavy atom. The van der Waals surface area contributed by atoms with Crippen LogP contribution in [0.15, 0.2) is 79.3 Å². The van der Waals surface area contributed by atoms with E-state index in [1.807, 2.05) is 53.8 Å². The second kappa shape index (κ2) is 7.37. The highest BCUT2D eigenvalue weighted by molar-refractivity contribution is 5.96. The Labute approximate surface area is 162 Å². The van der Waals surface area contributed by atoms with E-state index in [-0.39, 0.29) is 5.91 Å². The number of aromatic nitrogens is 2. The van der Waals surface area contributed by atoms with Gasteiger partial charge in [0.15, 0.2) is 0 Å². The Balaban J connectivity index is 1.73. The van der Waals surface area contributed by atoms with Gasteiger partial charge in [0.25, 0.3) is 0 Å². The molecule has 4 rings (SSSR count). The van der Waals surface area contributed by atoms with Crippen molar-refractivity contribution in [2.24, 2.45) is 0 Å². The van der Waals surface area contributed by atoms with Crippen LogP contribution in [0.4, 0.5) is 5.69 Å². The molecule has 1 unspecified atom stereocenters. The first-order valence-corrected chi connectivity index (χ1v) is 8.99. The molecule has 0 aliphatic carbocycles. The average Bonchev–Trinajstić information content (AvgIpc) is 3.22. The normalized spacial score (nSPS) is 11.7. The highest BCUT2D eigenvalue weighted by atomic mass is 16.1. The Morgan fingerprint density at radius 1 is 1.07 bits per heavy atom. The van der Waals surface area contributed by atoms with E-state index in [1.54, 1.807) is 36.8 Å². The van der Waals surface area contributed by atoms with Gasteiger partial charge in [0, 0.05) is 16.9 Å². The number of pyridine rings is 1. The first-order valence-electron chi connectivity index (χ1n) is 8.99. The molecule has 1 atom stereocenters. The monoisotopic (exact) mass is 366 g/mol. The molecule has 1 N–H and O–H groups in total. The highest BCUT2D eigenvalue weighted by Crippen LogP contribution is 2.31. The van der Waals surface area contributed by atoms with Gasteiger partial charge in [-0.3, -0.25) is 4.79 Å². The Hall–Kier alpha value is -3.91. The number of amides is 1. The molecule has 0 saturated carbocycles. The summed E-state index contributed by atoms with van der Waals surface area (Å²) in [4.78, 5) is 17.2. The van der Waals surface area contributed by atoms with Gasteiger partial charge < -0.3 is 9.72 Å². The van der Waals surface area contributed by atoms with E-state index in [0.717, 1.165) is 22.3 Å². The van der Waals surface area contributed by atoms with Crippen LogP contribution in [-0.4, -0.2) is 15.3 Å². The standard InChI is InChI=1S/C23H18N4O/c1-16(23(28)26-19-9-7-17(13-24)8-10-19)22-21(18-5-3-2-4-6-18)12-11-20-14-25-15-27(20)22/h2-12,14-16H,1H3,(H,26,28). The van der Waals surface area contributed by atoms with Gasteiger partial charge in [-0.25, -0.2) is 4.98 Å². The van der Waals surface area contributed by atoms with Crippen LogP contribution in [0.25, 0.3) is 16.6 Å². The smallest absolute Gasteiger partial charge is 0.233 e. The van der Waals surface area contributed by atoms with E-state index >= 15 is 0 Å². The number of rotatable bonds is 4. The van der Waals surface area contributed by atoms with Crippen molar-refractivity contribution in [1.29, 1.82) is 5.26 Å². The third-order valence-electron chi connectivity index (χ3n) is 4.79. The lowest BCUT2D eigenvalue weighted by atomic mass is 9.95. The molecule has 2 heterocycles. The van der Waals surface area contributed by atoms with Gasteiger partial charge in [-0.05, 0) is 42.8 Å². The molecule has 0 saturated heterocycles. The molecule has 28 heavy (non-hydrogen) atoms. The predicted molar refractivity (Wildman–Crippen MR) is 109 cm³/mol. The van der Waals surface area contributed by atoms with Crippen LogP contribution < -0.4 is 5.32 Å². The Kier molecular flexibility index (Phi) is 4.61. The molecule has 5 heteroatoms. The number of nitrogens with one attached hydrogen (secondary N) is 1. The number of nitriles is 1. The first kappa shape index (κ1) is 17.5. The van der Waals surface area contributed by atoms with Crippen LogP contribution >= 0.6 is 0 Å². The van der Waals surface area contributed by atoms with Gasteiger partial charge in [-0.2, -0.15) is 5.26 Å². The lowest BCUT2D eigenvalue weighted by Crippen LogP contribution is -2.21. The average molecular weight is 366 g/mol. The molecule has 4 aromatic rings. The van der Waals surface area contributed by atoms with Gasteiger partial charge in [-0.15, -0.1) is 0 Å². The zero-order chi connectivity index (χ0) is 19.5. The predicted octanol–water partition coefficient (Wildman–Crippen LogP) is 4.62. The summed E-state index contributed by atoms with van der Waals surface area (Å²) in [6.45, 7) is 1.89. The second-order valence-electron chi connectivity index (χ2n) is 6.59. The van der Waals surface area contributed by atoms with Crippen molar-refractivity contribution >= 4 is 17.1 Å². The lowest BCUT2D eigenvalue weighted by Gasteiger charge is -2.19. The van der Waals surface area contributed by atoms with E-state index in [4.69, 9.17) is 5.26 Å². The zero-order valence-corrected chi connectivity index (χ0v) is 15.3. The van der Waals surface area contributed by atoms with E-state index in [9.17, 15) is 4.79 Å². The molecule has 0 radical (unpaired) electrons. The van der Waals surface area contributed by atoms with Gasteiger partial charge >= 0.3 is 0 Å². The fraction of sp³-hybridized carbons (Fsp3) is 0.0870. The van der Waals surface area contributed by atoms with Crippen LogP contribution in [-0.2, 0) is 4.79 Å². The third-order valence-corrected chi connectivity index (χ3v) is 4.79. The molecular weight excluding hydrogens is 348 g/mol.